The summed E-state index contributed by atoms with van der Waals surface area (Å²) in [6.45, 7) is 3.71. The average Bonchev–Trinajstić information content (AvgIpc) is 2.76. The minimum absolute atomic E-state index is 0.0465. The minimum Gasteiger partial charge on any atom is -0.493 e. The first-order valence-electron chi connectivity index (χ1n) is 9.50. The molecule has 2 rings (SSSR count). The summed E-state index contributed by atoms with van der Waals surface area (Å²) in [7, 11) is 1.47. The largest absolute Gasteiger partial charge is 0.493 e. The third kappa shape index (κ3) is 6.76. The zero-order valence-corrected chi connectivity index (χ0v) is 18.3. The van der Waals surface area contributed by atoms with Gasteiger partial charge in [-0.1, -0.05) is 49.6 Å². The summed E-state index contributed by atoms with van der Waals surface area (Å²) in [4.78, 5) is 25.0. The number of halogens is 1. The van der Waals surface area contributed by atoms with E-state index < -0.39 is 11.9 Å². The van der Waals surface area contributed by atoms with E-state index in [0.29, 0.717) is 22.6 Å². The molecule has 0 heterocycles. The van der Waals surface area contributed by atoms with Gasteiger partial charge in [-0.2, -0.15) is 5.10 Å². The number of carbonyl (C=O) groups is 2. The van der Waals surface area contributed by atoms with Gasteiger partial charge in [0.05, 0.1) is 18.3 Å². The fourth-order valence-corrected chi connectivity index (χ4v) is 2.93. The van der Waals surface area contributed by atoms with Crippen molar-refractivity contribution in [1.29, 1.82) is 0 Å². The van der Waals surface area contributed by atoms with Crippen LogP contribution in [0.15, 0.2) is 47.6 Å². The molecule has 162 valence electrons. The maximum absolute atomic E-state index is 12.6. The van der Waals surface area contributed by atoms with Crippen molar-refractivity contribution in [2.75, 3.05) is 13.7 Å². The van der Waals surface area contributed by atoms with Crippen LogP contribution in [0.2, 0.25) is 5.02 Å². The summed E-state index contributed by atoms with van der Waals surface area (Å²) >= 11 is 6.23. The van der Waals surface area contributed by atoms with E-state index in [2.05, 4.69) is 21.8 Å². The Bertz CT molecular complexity index is 984. The van der Waals surface area contributed by atoms with Crippen LogP contribution in [0.5, 0.6) is 11.5 Å². The normalized spacial score (nSPS) is 11.6. The van der Waals surface area contributed by atoms with Gasteiger partial charge in [0.1, 0.15) is 12.6 Å². The Hall–Kier alpha value is -3.50. The third-order valence-corrected chi connectivity index (χ3v) is 4.49. The van der Waals surface area contributed by atoms with Crippen molar-refractivity contribution in [3.8, 4) is 23.8 Å². The molecule has 0 aliphatic heterocycles. The molecule has 0 aliphatic carbocycles. The van der Waals surface area contributed by atoms with Crippen LogP contribution >= 0.6 is 11.6 Å². The highest BCUT2D eigenvalue weighted by molar-refractivity contribution is 6.32. The lowest BCUT2D eigenvalue weighted by Gasteiger charge is -2.20. The maximum atomic E-state index is 12.6. The first-order chi connectivity index (χ1) is 14.9. The molecule has 0 radical (unpaired) electrons. The van der Waals surface area contributed by atoms with Crippen molar-refractivity contribution < 1.29 is 19.1 Å². The highest BCUT2D eigenvalue weighted by Gasteiger charge is 2.24. The monoisotopic (exact) mass is 441 g/mol. The number of hydrogen-bond donors (Lipinski definition) is 2. The van der Waals surface area contributed by atoms with Crippen LogP contribution in [0.4, 0.5) is 0 Å². The molecule has 0 saturated carbocycles. The molecule has 2 aromatic rings. The number of hydrogen-bond acceptors (Lipinski definition) is 5. The molecule has 0 saturated heterocycles. The van der Waals surface area contributed by atoms with Gasteiger partial charge in [-0.25, -0.2) is 5.43 Å². The maximum Gasteiger partial charge on any atom is 0.262 e. The molecule has 1 atom stereocenters. The number of nitrogens with zero attached hydrogens (tertiary/aromatic N) is 1. The summed E-state index contributed by atoms with van der Waals surface area (Å²) in [5.41, 5.74) is 3.49. The van der Waals surface area contributed by atoms with Gasteiger partial charge >= 0.3 is 0 Å². The Morgan fingerprint density at radius 3 is 2.58 bits per heavy atom. The van der Waals surface area contributed by atoms with Crippen molar-refractivity contribution in [3.05, 3.63) is 58.6 Å². The smallest absolute Gasteiger partial charge is 0.262 e. The molecule has 0 bridgehead atoms. The number of benzene rings is 2. The predicted octanol–water partition coefficient (Wildman–Crippen LogP) is 3.27. The van der Waals surface area contributed by atoms with Gasteiger partial charge < -0.3 is 14.8 Å². The second kappa shape index (κ2) is 11.6. The number of hydrazone groups is 1. The Labute approximate surface area is 186 Å². The van der Waals surface area contributed by atoms with Gasteiger partial charge in [-0.05, 0) is 35.7 Å². The Morgan fingerprint density at radius 2 is 1.97 bits per heavy atom. The minimum atomic E-state index is -0.762. The highest BCUT2D eigenvalue weighted by Crippen LogP contribution is 2.35. The Morgan fingerprint density at radius 1 is 1.26 bits per heavy atom. The van der Waals surface area contributed by atoms with E-state index in [9.17, 15) is 9.59 Å². The molecule has 0 aliphatic rings. The second-order valence-corrected chi connectivity index (χ2v) is 7.23. The van der Waals surface area contributed by atoms with Gasteiger partial charge in [0, 0.05) is 5.56 Å². The molecule has 7 nitrogen and oxygen atoms in total. The van der Waals surface area contributed by atoms with E-state index in [1.54, 1.807) is 36.4 Å². The van der Waals surface area contributed by atoms with Crippen molar-refractivity contribution in [2.45, 2.75) is 19.9 Å². The first-order valence-corrected chi connectivity index (χ1v) is 9.87. The highest BCUT2D eigenvalue weighted by atomic mass is 35.5. The van der Waals surface area contributed by atoms with Crippen LogP contribution in [-0.4, -0.2) is 37.8 Å². The number of carbonyl (C=O) groups excluding carboxylic acids is 2. The van der Waals surface area contributed by atoms with Crippen LogP contribution in [0.1, 0.15) is 29.8 Å². The summed E-state index contributed by atoms with van der Waals surface area (Å²) in [6, 6.07) is 11.2. The molecular formula is C23H24ClN3O4. The van der Waals surface area contributed by atoms with Crippen LogP contribution in [0, 0.1) is 18.3 Å². The van der Waals surface area contributed by atoms with Gasteiger partial charge in [0.2, 0.25) is 0 Å². The fourth-order valence-electron chi connectivity index (χ4n) is 2.66. The van der Waals surface area contributed by atoms with Crippen LogP contribution in [-0.2, 0) is 4.79 Å². The summed E-state index contributed by atoms with van der Waals surface area (Å²) < 4.78 is 10.7. The molecule has 2 aromatic carbocycles. The lowest BCUT2D eigenvalue weighted by molar-refractivity contribution is -0.123. The topological polar surface area (TPSA) is 89.0 Å². The van der Waals surface area contributed by atoms with Crippen LogP contribution < -0.4 is 20.2 Å². The van der Waals surface area contributed by atoms with Crippen molar-refractivity contribution >= 4 is 29.6 Å². The van der Waals surface area contributed by atoms with Crippen LogP contribution in [0.25, 0.3) is 0 Å². The van der Waals surface area contributed by atoms with Crippen molar-refractivity contribution in [1.82, 2.24) is 10.7 Å². The summed E-state index contributed by atoms with van der Waals surface area (Å²) in [5, 5.41) is 7.00. The molecule has 0 spiro atoms. The Kier molecular flexibility index (Phi) is 8.92. The average molecular weight is 442 g/mol. The first kappa shape index (κ1) is 23.8. The molecule has 2 N–H and O–H groups in total. The number of methoxy groups -OCH3 is 1. The van der Waals surface area contributed by atoms with E-state index in [4.69, 9.17) is 27.5 Å². The number of terminal acetylenes is 1. The SMILES string of the molecule is C#CCOc1c(Cl)cc(C=NNC(=O)C(NC(=O)c2ccccc2)C(C)C)cc1OC. The standard InChI is InChI=1S/C23H24ClN3O4/c1-5-11-31-21-18(24)12-16(13-19(21)30-4)14-25-27-23(29)20(15(2)3)26-22(28)17-9-7-6-8-10-17/h1,6-10,12-15,20H,11H2,2-4H3,(H,26,28)(H,27,29). The number of amides is 2. The quantitative estimate of drug-likeness (QED) is 0.355. The molecule has 0 aromatic heterocycles. The van der Waals surface area contributed by atoms with Gasteiger partial charge in [-0.15, -0.1) is 6.42 Å². The molecule has 2 amide bonds. The second-order valence-electron chi connectivity index (χ2n) is 6.82. The van der Waals surface area contributed by atoms with E-state index in [1.807, 2.05) is 19.9 Å². The van der Waals surface area contributed by atoms with E-state index in [0.717, 1.165) is 0 Å². The molecular weight excluding hydrogens is 418 g/mol. The number of nitrogens with one attached hydrogen (secondary N) is 2. The lowest BCUT2D eigenvalue weighted by Crippen LogP contribution is -2.48. The van der Waals surface area contributed by atoms with E-state index in [-0.39, 0.29) is 23.5 Å². The zero-order chi connectivity index (χ0) is 22.8. The molecule has 1 unspecified atom stereocenters. The zero-order valence-electron chi connectivity index (χ0n) is 17.5. The van der Waals surface area contributed by atoms with Gasteiger partial charge in [-0.3, -0.25) is 9.59 Å². The van der Waals surface area contributed by atoms with E-state index >= 15 is 0 Å². The Balaban J connectivity index is 2.07. The lowest BCUT2D eigenvalue weighted by atomic mass is 10.0. The predicted molar refractivity (Wildman–Crippen MR) is 121 cm³/mol. The molecule has 0 fully saturated rings. The number of rotatable bonds is 9. The number of ether oxygens (including phenoxy) is 2. The summed E-state index contributed by atoms with van der Waals surface area (Å²) in [5.74, 6) is 2.14. The van der Waals surface area contributed by atoms with Crippen LogP contribution in [0.3, 0.4) is 0 Å². The van der Waals surface area contributed by atoms with Gasteiger partial charge in [0.25, 0.3) is 11.8 Å². The van der Waals surface area contributed by atoms with Crippen molar-refractivity contribution in [2.24, 2.45) is 11.0 Å². The third-order valence-electron chi connectivity index (χ3n) is 4.21. The fraction of sp³-hybridized carbons (Fsp3) is 0.261. The van der Waals surface area contributed by atoms with Gasteiger partial charge in [0.15, 0.2) is 11.5 Å². The van der Waals surface area contributed by atoms with Crippen molar-refractivity contribution in [3.63, 3.8) is 0 Å². The summed E-state index contributed by atoms with van der Waals surface area (Å²) in [6.07, 6.45) is 6.61. The molecule has 8 heteroatoms. The van der Waals surface area contributed by atoms with E-state index in [1.165, 1.54) is 13.3 Å². The molecule has 31 heavy (non-hydrogen) atoms.